The molecule has 0 aliphatic heterocycles. The molecule has 0 radical (unpaired) electrons. The normalized spacial score (nSPS) is 9.81. The smallest absolute Gasteiger partial charge is 0.264 e. The van der Waals surface area contributed by atoms with Crippen molar-refractivity contribution in [3.05, 3.63) is 48.0 Å². The summed E-state index contributed by atoms with van der Waals surface area (Å²) in [5.74, 6) is 0.152. The van der Waals surface area contributed by atoms with Gasteiger partial charge in [0.05, 0.1) is 14.2 Å². The van der Waals surface area contributed by atoms with Crippen LogP contribution >= 0.6 is 12.2 Å². The number of ether oxygens (including phenoxy) is 2. The van der Waals surface area contributed by atoms with E-state index in [0.29, 0.717) is 22.9 Å². The number of nitrogens with one attached hydrogen (secondary N) is 3. The Balaban J connectivity index is 2.06. The number of carbonyl (C=O) groups is 2. The molecule has 8 heteroatoms. The van der Waals surface area contributed by atoms with Crippen molar-refractivity contribution >= 4 is 40.5 Å². The molecular formula is C18H19N3O4S. The number of methoxy groups -OCH3 is 2. The number of amides is 2. The summed E-state index contributed by atoms with van der Waals surface area (Å²) >= 11 is 5.18. The van der Waals surface area contributed by atoms with Crippen molar-refractivity contribution in [2.45, 2.75) is 6.92 Å². The van der Waals surface area contributed by atoms with Gasteiger partial charge in [-0.05, 0) is 48.6 Å². The van der Waals surface area contributed by atoms with Crippen LogP contribution in [0.4, 0.5) is 11.4 Å². The SMILES string of the molecule is COc1cccc(OC)c1C(=O)NC(=S)Nc1ccc(NC(C)=O)cc1. The number of hydrogen-bond donors (Lipinski definition) is 3. The molecule has 3 N–H and O–H groups in total. The zero-order chi connectivity index (χ0) is 19.1. The lowest BCUT2D eigenvalue weighted by atomic mass is 10.1. The lowest BCUT2D eigenvalue weighted by molar-refractivity contribution is -0.114. The molecule has 0 heterocycles. The van der Waals surface area contributed by atoms with E-state index in [9.17, 15) is 9.59 Å². The first kappa shape index (κ1) is 19.2. The molecule has 2 rings (SSSR count). The fourth-order valence-electron chi connectivity index (χ4n) is 2.24. The molecule has 0 aromatic heterocycles. The summed E-state index contributed by atoms with van der Waals surface area (Å²) in [5, 5.41) is 8.28. The van der Waals surface area contributed by atoms with Crippen molar-refractivity contribution in [2.75, 3.05) is 24.9 Å². The monoisotopic (exact) mass is 373 g/mol. The molecule has 0 saturated heterocycles. The fraction of sp³-hybridized carbons (Fsp3) is 0.167. The number of benzene rings is 2. The van der Waals surface area contributed by atoms with Crippen molar-refractivity contribution in [1.82, 2.24) is 5.32 Å². The van der Waals surface area contributed by atoms with Crippen LogP contribution in [0.25, 0.3) is 0 Å². The van der Waals surface area contributed by atoms with E-state index in [0.717, 1.165) is 0 Å². The zero-order valence-electron chi connectivity index (χ0n) is 14.6. The van der Waals surface area contributed by atoms with Crippen molar-refractivity contribution in [3.8, 4) is 11.5 Å². The van der Waals surface area contributed by atoms with Crippen LogP contribution in [0, 0.1) is 0 Å². The second-order valence-corrected chi connectivity index (χ2v) is 5.61. The predicted octanol–water partition coefficient (Wildman–Crippen LogP) is 2.79. The average molecular weight is 373 g/mol. The molecule has 136 valence electrons. The highest BCUT2D eigenvalue weighted by Gasteiger charge is 2.19. The Labute approximate surface area is 156 Å². The van der Waals surface area contributed by atoms with Crippen molar-refractivity contribution in [1.29, 1.82) is 0 Å². The summed E-state index contributed by atoms with van der Waals surface area (Å²) in [6.45, 7) is 1.43. The largest absolute Gasteiger partial charge is 0.496 e. The van der Waals surface area contributed by atoms with Crippen LogP contribution in [0.5, 0.6) is 11.5 Å². The van der Waals surface area contributed by atoms with Gasteiger partial charge in [-0.25, -0.2) is 0 Å². The fourth-order valence-corrected chi connectivity index (χ4v) is 2.45. The van der Waals surface area contributed by atoms with Gasteiger partial charge in [0.1, 0.15) is 17.1 Å². The summed E-state index contributed by atoms with van der Waals surface area (Å²) in [4.78, 5) is 23.6. The molecular weight excluding hydrogens is 354 g/mol. The minimum Gasteiger partial charge on any atom is -0.496 e. The van der Waals surface area contributed by atoms with E-state index < -0.39 is 5.91 Å². The van der Waals surface area contributed by atoms with Gasteiger partial charge in [0, 0.05) is 18.3 Å². The molecule has 0 aliphatic rings. The standard InChI is InChI=1S/C18H19N3O4S/c1-11(22)19-12-7-9-13(10-8-12)20-18(26)21-17(23)16-14(24-2)5-4-6-15(16)25-3/h4-10H,1-3H3,(H,19,22)(H2,20,21,23,26). The first-order chi connectivity index (χ1) is 12.4. The maximum absolute atomic E-state index is 12.5. The van der Waals surface area contributed by atoms with Gasteiger partial charge < -0.3 is 20.1 Å². The minimum absolute atomic E-state index is 0.121. The summed E-state index contributed by atoms with van der Waals surface area (Å²) in [5.41, 5.74) is 1.58. The van der Waals surface area contributed by atoms with Gasteiger partial charge in [-0.15, -0.1) is 0 Å². The molecule has 2 aromatic rings. The van der Waals surface area contributed by atoms with Gasteiger partial charge in [0.2, 0.25) is 5.91 Å². The molecule has 0 unspecified atom stereocenters. The van der Waals surface area contributed by atoms with Gasteiger partial charge in [0.15, 0.2) is 5.11 Å². The Morgan fingerprint density at radius 2 is 1.38 bits per heavy atom. The molecule has 0 spiro atoms. The number of anilines is 2. The second-order valence-electron chi connectivity index (χ2n) is 5.20. The predicted molar refractivity (Wildman–Crippen MR) is 104 cm³/mol. The number of hydrogen-bond acceptors (Lipinski definition) is 5. The molecule has 0 saturated carbocycles. The molecule has 26 heavy (non-hydrogen) atoms. The number of rotatable bonds is 5. The first-order valence-corrected chi connectivity index (χ1v) is 8.06. The Morgan fingerprint density at radius 1 is 0.885 bits per heavy atom. The zero-order valence-corrected chi connectivity index (χ0v) is 15.4. The molecule has 0 aliphatic carbocycles. The lowest BCUT2D eigenvalue weighted by Gasteiger charge is -2.14. The van der Waals surface area contributed by atoms with Crippen LogP contribution < -0.4 is 25.4 Å². The highest BCUT2D eigenvalue weighted by molar-refractivity contribution is 7.80. The molecule has 2 amide bonds. The van der Waals surface area contributed by atoms with Gasteiger partial charge in [-0.3, -0.25) is 14.9 Å². The van der Waals surface area contributed by atoms with E-state index >= 15 is 0 Å². The van der Waals surface area contributed by atoms with Crippen LogP contribution in [0.15, 0.2) is 42.5 Å². The van der Waals surface area contributed by atoms with Gasteiger partial charge in [-0.1, -0.05) is 6.07 Å². The number of carbonyl (C=O) groups excluding carboxylic acids is 2. The Hall–Kier alpha value is -3.13. The maximum Gasteiger partial charge on any atom is 0.264 e. The van der Waals surface area contributed by atoms with Crippen LogP contribution in [-0.2, 0) is 4.79 Å². The van der Waals surface area contributed by atoms with E-state index in [-0.39, 0.29) is 16.6 Å². The van der Waals surface area contributed by atoms with Crippen LogP contribution in [-0.4, -0.2) is 31.1 Å². The van der Waals surface area contributed by atoms with E-state index in [2.05, 4.69) is 16.0 Å². The van der Waals surface area contributed by atoms with E-state index in [4.69, 9.17) is 21.7 Å². The highest BCUT2D eigenvalue weighted by atomic mass is 32.1. The summed E-state index contributed by atoms with van der Waals surface area (Å²) in [6.07, 6.45) is 0. The molecule has 2 aromatic carbocycles. The Kier molecular flexibility index (Phi) is 6.51. The first-order valence-electron chi connectivity index (χ1n) is 7.65. The third kappa shape index (κ3) is 4.93. The van der Waals surface area contributed by atoms with Crippen LogP contribution in [0.1, 0.15) is 17.3 Å². The molecule has 0 fully saturated rings. The van der Waals surface area contributed by atoms with E-state index in [1.807, 2.05) is 0 Å². The van der Waals surface area contributed by atoms with Crippen molar-refractivity contribution < 1.29 is 19.1 Å². The Morgan fingerprint density at radius 3 is 1.85 bits per heavy atom. The van der Waals surface area contributed by atoms with E-state index in [1.54, 1.807) is 42.5 Å². The Bertz CT molecular complexity index is 799. The topological polar surface area (TPSA) is 88.7 Å². The second kappa shape index (κ2) is 8.82. The summed E-state index contributed by atoms with van der Waals surface area (Å²) in [7, 11) is 2.94. The van der Waals surface area contributed by atoms with Gasteiger partial charge in [0.25, 0.3) is 5.91 Å². The third-order valence-corrected chi connectivity index (χ3v) is 3.55. The highest BCUT2D eigenvalue weighted by Crippen LogP contribution is 2.28. The van der Waals surface area contributed by atoms with Crippen LogP contribution in [0.3, 0.4) is 0 Å². The molecule has 7 nitrogen and oxygen atoms in total. The summed E-state index contributed by atoms with van der Waals surface area (Å²) < 4.78 is 10.4. The maximum atomic E-state index is 12.5. The lowest BCUT2D eigenvalue weighted by Crippen LogP contribution is -2.34. The average Bonchev–Trinajstić information content (AvgIpc) is 2.61. The summed E-state index contributed by atoms with van der Waals surface area (Å²) in [6, 6.07) is 11.9. The van der Waals surface area contributed by atoms with Crippen molar-refractivity contribution in [3.63, 3.8) is 0 Å². The van der Waals surface area contributed by atoms with Crippen molar-refractivity contribution in [2.24, 2.45) is 0 Å². The minimum atomic E-state index is -0.452. The van der Waals surface area contributed by atoms with Gasteiger partial charge >= 0.3 is 0 Å². The molecule has 0 atom stereocenters. The van der Waals surface area contributed by atoms with E-state index in [1.165, 1.54) is 21.1 Å². The van der Waals surface area contributed by atoms with Crippen LogP contribution in [0.2, 0.25) is 0 Å². The molecule has 0 bridgehead atoms. The third-order valence-electron chi connectivity index (χ3n) is 3.35. The van der Waals surface area contributed by atoms with Gasteiger partial charge in [-0.2, -0.15) is 0 Å². The number of thiocarbonyl (C=S) groups is 1. The quantitative estimate of drug-likeness (QED) is 0.699.